The van der Waals surface area contributed by atoms with Gasteiger partial charge in [0.25, 0.3) is 0 Å². The van der Waals surface area contributed by atoms with E-state index in [9.17, 15) is 4.79 Å². The molecule has 0 aromatic heterocycles. The second-order valence-electron chi connectivity index (χ2n) is 1.58. The average molecular weight is 135 g/mol. The molecule has 0 saturated carbocycles. The second-order valence-corrected chi connectivity index (χ2v) is 1.58. The predicted octanol–water partition coefficient (Wildman–Crippen LogP) is -0.0700. The van der Waals surface area contributed by atoms with Crippen LogP contribution in [-0.2, 0) is 4.79 Å². The normalized spacial score (nSPS) is 13.8. The van der Waals surface area contributed by atoms with E-state index in [4.69, 9.17) is 15.5 Å². The van der Waals surface area contributed by atoms with Gasteiger partial charge in [-0.2, -0.15) is 0 Å². The van der Waals surface area contributed by atoms with Gasteiger partial charge in [-0.25, -0.2) is 0 Å². The minimum absolute atomic E-state index is 0.155. The summed E-state index contributed by atoms with van der Waals surface area (Å²) in [6.45, 7) is 1.54. The highest BCUT2D eigenvalue weighted by Gasteiger charge is 2.20. The summed E-state index contributed by atoms with van der Waals surface area (Å²) in [5, 5.41) is 24.3. The van der Waals surface area contributed by atoms with E-state index in [0.29, 0.717) is 0 Å². The van der Waals surface area contributed by atoms with Crippen molar-refractivity contribution in [2.75, 3.05) is 0 Å². The molecule has 0 bridgehead atoms. The minimum Gasteiger partial charge on any atom is -0.480 e. The van der Waals surface area contributed by atoms with E-state index in [-0.39, 0.29) is 11.6 Å². The van der Waals surface area contributed by atoms with Crippen LogP contribution in [0.15, 0.2) is 0 Å². The molecule has 0 aromatic rings. The van der Waals surface area contributed by atoms with Crippen molar-refractivity contribution in [3.63, 3.8) is 0 Å². The van der Waals surface area contributed by atoms with Crippen molar-refractivity contribution in [3.05, 3.63) is 0 Å². The Morgan fingerprint density at radius 1 is 1.67 bits per heavy atom. The highest BCUT2D eigenvalue weighted by Crippen LogP contribution is 1.96. The number of nitrogens with zero attached hydrogens (tertiary/aromatic N) is 1. The van der Waals surface area contributed by atoms with Crippen molar-refractivity contribution in [3.8, 4) is 0 Å². The zero-order valence-electron chi connectivity index (χ0n) is 4.98. The number of carboxylic acids is 1. The van der Waals surface area contributed by atoms with Gasteiger partial charge in [0.1, 0.15) is 0 Å². The molecule has 1 unspecified atom stereocenters. The summed E-state index contributed by atoms with van der Waals surface area (Å²) >= 11 is 0. The molecule has 9 heavy (non-hydrogen) atoms. The van der Waals surface area contributed by atoms with E-state index in [0.717, 1.165) is 0 Å². The van der Waals surface area contributed by atoms with Crippen molar-refractivity contribution >= 4 is 5.97 Å². The highest BCUT2D eigenvalue weighted by atomic mass is 16.8. The number of hydrogen-bond acceptors (Lipinski definition) is 4. The van der Waals surface area contributed by atoms with E-state index >= 15 is 0 Å². The van der Waals surface area contributed by atoms with Gasteiger partial charge in [-0.15, -0.1) is 0 Å². The van der Waals surface area contributed by atoms with Gasteiger partial charge in [0.05, 0.1) is 0 Å². The van der Waals surface area contributed by atoms with Crippen LogP contribution in [-0.4, -0.2) is 32.8 Å². The van der Waals surface area contributed by atoms with Crippen LogP contribution in [0, 0.1) is 0 Å². The second kappa shape index (κ2) is 3.39. The Kier molecular flexibility index (Phi) is 3.15. The molecule has 0 radical (unpaired) electrons. The van der Waals surface area contributed by atoms with Gasteiger partial charge in [0.2, 0.25) is 0 Å². The van der Waals surface area contributed by atoms with Gasteiger partial charge in [0, 0.05) is 0 Å². The molecule has 0 aliphatic heterocycles. The lowest BCUT2D eigenvalue weighted by atomic mass is 10.2. The molecule has 3 N–H and O–H groups in total. The van der Waals surface area contributed by atoms with Gasteiger partial charge in [0.15, 0.2) is 6.04 Å². The first-order chi connectivity index (χ1) is 4.09. The Morgan fingerprint density at radius 3 is 2.11 bits per heavy atom. The van der Waals surface area contributed by atoms with Gasteiger partial charge >= 0.3 is 5.97 Å². The zero-order chi connectivity index (χ0) is 7.44. The SMILES string of the molecule is CCC(C(=O)O)N(O)O. The summed E-state index contributed by atoms with van der Waals surface area (Å²) in [5.74, 6) is -1.25. The third-order valence-corrected chi connectivity index (χ3v) is 0.951. The molecule has 54 valence electrons. The van der Waals surface area contributed by atoms with Crippen LogP contribution in [0.25, 0.3) is 0 Å². The van der Waals surface area contributed by atoms with Gasteiger partial charge in [-0.3, -0.25) is 15.2 Å². The molecule has 0 aliphatic rings. The number of carboxylic acid groups (broad SMARTS) is 1. The maximum Gasteiger partial charge on any atom is 0.325 e. The van der Waals surface area contributed by atoms with Gasteiger partial charge in [-0.1, -0.05) is 12.2 Å². The Labute approximate surface area is 52.0 Å². The first kappa shape index (κ1) is 8.35. The molecular formula is C4H9NO4. The van der Waals surface area contributed by atoms with Crippen molar-refractivity contribution < 1.29 is 20.3 Å². The van der Waals surface area contributed by atoms with Crippen molar-refractivity contribution in [2.24, 2.45) is 0 Å². The summed E-state index contributed by atoms with van der Waals surface area (Å²) in [5.41, 5.74) is 0. The lowest BCUT2D eigenvalue weighted by Gasteiger charge is -2.12. The maximum absolute atomic E-state index is 10.0. The highest BCUT2D eigenvalue weighted by molar-refractivity contribution is 5.72. The van der Waals surface area contributed by atoms with Crippen molar-refractivity contribution in [1.29, 1.82) is 0 Å². The van der Waals surface area contributed by atoms with Crippen LogP contribution < -0.4 is 0 Å². The maximum atomic E-state index is 10.0. The Bertz CT molecular complexity index is 103. The molecular weight excluding hydrogens is 126 g/mol. The van der Waals surface area contributed by atoms with Gasteiger partial charge < -0.3 is 5.11 Å². The Morgan fingerprint density at radius 2 is 2.11 bits per heavy atom. The molecule has 0 amide bonds. The molecule has 0 heterocycles. The molecule has 0 fully saturated rings. The van der Waals surface area contributed by atoms with Crippen LogP contribution in [0.4, 0.5) is 0 Å². The first-order valence-electron chi connectivity index (χ1n) is 2.49. The van der Waals surface area contributed by atoms with Crippen LogP contribution in [0.5, 0.6) is 0 Å². The monoisotopic (exact) mass is 135 g/mol. The van der Waals surface area contributed by atoms with Crippen LogP contribution in [0.1, 0.15) is 13.3 Å². The van der Waals surface area contributed by atoms with E-state index in [2.05, 4.69) is 0 Å². The van der Waals surface area contributed by atoms with Crippen LogP contribution in [0.2, 0.25) is 0 Å². The number of carbonyl (C=O) groups is 1. The first-order valence-corrected chi connectivity index (χ1v) is 2.49. The summed E-state index contributed by atoms with van der Waals surface area (Å²) < 4.78 is 0. The fourth-order valence-electron chi connectivity index (χ4n) is 0.437. The number of hydroxylamine groups is 2. The topological polar surface area (TPSA) is 81.0 Å². The van der Waals surface area contributed by atoms with Crippen molar-refractivity contribution in [1.82, 2.24) is 5.23 Å². The zero-order valence-corrected chi connectivity index (χ0v) is 4.98. The molecule has 0 spiro atoms. The molecule has 5 heteroatoms. The average Bonchev–Trinajstić information content (AvgIpc) is 1.64. The summed E-state index contributed by atoms with van der Waals surface area (Å²) in [6.07, 6.45) is 0.155. The van der Waals surface area contributed by atoms with E-state index in [1.54, 1.807) is 0 Å². The number of rotatable bonds is 3. The van der Waals surface area contributed by atoms with Crippen LogP contribution in [0.3, 0.4) is 0 Å². The fourth-order valence-corrected chi connectivity index (χ4v) is 0.437. The molecule has 5 nitrogen and oxygen atoms in total. The van der Waals surface area contributed by atoms with E-state index in [1.165, 1.54) is 6.92 Å². The molecule has 0 rings (SSSR count). The molecule has 1 atom stereocenters. The van der Waals surface area contributed by atoms with Crippen molar-refractivity contribution in [2.45, 2.75) is 19.4 Å². The van der Waals surface area contributed by atoms with E-state index < -0.39 is 12.0 Å². The molecule has 0 aromatic carbocycles. The van der Waals surface area contributed by atoms with Crippen LogP contribution >= 0.6 is 0 Å². The fraction of sp³-hybridized carbons (Fsp3) is 0.750. The third kappa shape index (κ3) is 2.41. The lowest BCUT2D eigenvalue weighted by Crippen LogP contribution is -2.35. The summed E-state index contributed by atoms with van der Waals surface area (Å²) in [6, 6.07) is -1.22. The quantitative estimate of drug-likeness (QED) is 0.472. The molecule has 0 aliphatic carbocycles. The Hall–Kier alpha value is -0.650. The largest absolute Gasteiger partial charge is 0.480 e. The van der Waals surface area contributed by atoms with Gasteiger partial charge in [-0.05, 0) is 6.42 Å². The summed E-state index contributed by atoms with van der Waals surface area (Å²) in [7, 11) is 0. The summed E-state index contributed by atoms with van der Waals surface area (Å²) in [4.78, 5) is 10.0. The molecule has 0 saturated heterocycles. The lowest BCUT2D eigenvalue weighted by molar-refractivity contribution is -0.327. The minimum atomic E-state index is -1.25. The predicted molar refractivity (Wildman–Crippen MR) is 27.1 cm³/mol. The number of aliphatic carboxylic acids is 1. The standard InChI is InChI=1S/C4H9NO4/c1-2-3(4(6)7)5(8)9/h3,8-9H,2H2,1H3,(H,6,7). The van der Waals surface area contributed by atoms with E-state index in [1.807, 2.05) is 0 Å². The number of hydrogen-bond donors (Lipinski definition) is 3. The Balaban J connectivity index is 3.83. The third-order valence-electron chi connectivity index (χ3n) is 0.951. The smallest absolute Gasteiger partial charge is 0.325 e.